The molecule has 0 aliphatic heterocycles. The normalized spacial score (nSPS) is 11.0. The van der Waals surface area contributed by atoms with Crippen molar-refractivity contribution in [3.05, 3.63) is 41.5 Å². The second kappa shape index (κ2) is 5.24. The molecule has 9 heteroatoms. The summed E-state index contributed by atoms with van der Waals surface area (Å²) in [5, 5.41) is 8.57. The number of nitrogen functional groups attached to an aromatic ring is 1. The van der Waals surface area contributed by atoms with Gasteiger partial charge in [0.25, 0.3) is 0 Å². The highest BCUT2D eigenvalue weighted by Crippen LogP contribution is 2.30. The summed E-state index contributed by atoms with van der Waals surface area (Å²) in [5.41, 5.74) is 5.02. The van der Waals surface area contributed by atoms with E-state index in [1.807, 2.05) is 0 Å². The van der Waals surface area contributed by atoms with Crippen LogP contribution in [0.4, 0.5) is 23.4 Å². The van der Waals surface area contributed by atoms with E-state index >= 15 is 0 Å². The van der Waals surface area contributed by atoms with Gasteiger partial charge in [-0.25, -0.2) is 9.37 Å². The van der Waals surface area contributed by atoms with Gasteiger partial charge in [0.1, 0.15) is 23.5 Å². The van der Waals surface area contributed by atoms with Gasteiger partial charge in [-0.1, -0.05) is 0 Å². The van der Waals surface area contributed by atoms with Crippen LogP contribution in [0.5, 0.6) is 11.6 Å². The maximum Gasteiger partial charge on any atom is 0.451 e. The lowest BCUT2D eigenvalue weighted by atomic mass is 10.2. The summed E-state index contributed by atoms with van der Waals surface area (Å²) in [7, 11) is 0. The molecule has 2 aromatic rings. The highest BCUT2D eigenvalue weighted by molar-refractivity contribution is 5.39. The third-order valence-electron chi connectivity index (χ3n) is 2.26. The van der Waals surface area contributed by atoms with Gasteiger partial charge in [-0.2, -0.15) is 23.4 Å². The van der Waals surface area contributed by atoms with Gasteiger partial charge in [-0.05, 0) is 12.1 Å². The molecule has 2 N–H and O–H groups in total. The number of nitrogens with zero attached hydrogens (tertiary/aromatic N) is 3. The van der Waals surface area contributed by atoms with Crippen LogP contribution in [-0.4, -0.2) is 9.97 Å². The van der Waals surface area contributed by atoms with Crippen molar-refractivity contribution in [2.45, 2.75) is 6.18 Å². The number of nitrogens with two attached hydrogens (primary N) is 1. The molecule has 0 saturated heterocycles. The number of aromatic nitrogens is 2. The molecule has 0 aliphatic carbocycles. The van der Waals surface area contributed by atoms with Gasteiger partial charge in [0, 0.05) is 12.1 Å². The van der Waals surface area contributed by atoms with E-state index in [0.717, 1.165) is 18.2 Å². The second-order valence-electron chi connectivity index (χ2n) is 3.81. The number of rotatable bonds is 2. The number of hydrogen-bond donors (Lipinski definition) is 1. The molecular weight excluding hydrogens is 292 g/mol. The van der Waals surface area contributed by atoms with Crippen LogP contribution in [0.25, 0.3) is 0 Å². The van der Waals surface area contributed by atoms with Gasteiger partial charge in [-0.15, -0.1) is 0 Å². The van der Waals surface area contributed by atoms with Crippen LogP contribution in [0.2, 0.25) is 0 Å². The molecule has 0 saturated carbocycles. The van der Waals surface area contributed by atoms with Crippen LogP contribution in [-0.2, 0) is 6.18 Å². The van der Waals surface area contributed by atoms with E-state index in [2.05, 4.69) is 9.97 Å². The number of anilines is 1. The Hall–Kier alpha value is -2.89. The average molecular weight is 298 g/mol. The van der Waals surface area contributed by atoms with E-state index in [1.165, 1.54) is 6.07 Å². The van der Waals surface area contributed by atoms with Crippen LogP contribution in [0, 0.1) is 17.1 Å². The molecule has 1 heterocycles. The Kier molecular flexibility index (Phi) is 3.62. The fourth-order valence-corrected chi connectivity index (χ4v) is 1.39. The number of halogens is 4. The Morgan fingerprint density at radius 3 is 2.48 bits per heavy atom. The monoisotopic (exact) mass is 298 g/mol. The second-order valence-corrected chi connectivity index (χ2v) is 3.81. The average Bonchev–Trinajstić information content (AvgIpc) is 2.37. The zero-order valence-electron chi connectivity index (χ0n) is 10.1. The van der Waals surface area contributed by atoms with Crippen LogP contribution >= 0.6 is 0 Å². The van der Waals surface area contributed by atoms with Crippen LogP contribution < -0.4 is 10.5 Å². The highest BCUT2D eigenvalue weighted by Gasteiger charge is 2.35. The first-order valence-corrected chi connectivity index (χ1v) is 5.39. The molecule has 0 fully saturated rings. The molecule has 2 rings (SSSR count). The first-order chi connectivity index (χ1) is 9.79. The summed E-state index contributed by atoms with van der Waals surface area (Å²) in [6.45, 7) is 0. The van der Waals surface area contributed by atoms with Gasteiger partial charge >= 0.3 is 6.18 Å². The summed E-state index contributed by atoms with van der Waals surface area (Å²) in [5.74, 6) is -3.39. The van der Waals surface area contributed by atoms with Gasteiger partial charge in [0.2, 0.25) is 11.7 Å². The van der Waals surface area contributed by atoms with E-state index in [1.54, 1.807) is 6.07 Å². The summed E-state index contributed by atoms with van der Waals surface area (Å²) in [4.78, 5) is 6.18. The Labute approximate surface area is 115 Å². The number of nitriles is 1. The molecule has 5 nitrogen and oxygen atoms in total. The Morgan fingerprint density at radius 2 is 1.90 bits per heavy atom. The molecule has 0 spiro atoms. The molecule has 0 aliphatic rings. The molecule has 108 valence electrons. The quantitative estimate of drug-likeness (QED) is 0.862. The van der Waals surface area contributed by atoms with Gasteiger partial charge in [0.05, 0.1) is 5.56 Å². The van der Waals surface area contributed by atoms with Crippen molar-refractivity contribution in [1.82, 2.24) is 9.97 Å². The lowest BCUT2D eigenvalue weighted by molar-refractivity contribution is -0.145. The highest BCUT2D eigenvalue weighted by atomic mass is 19.4. The summed E-state index contributed by atoms with van der Waals surface area (Å²) >= 11 is 0. The molecule has 1 aromatic heterocycles. The minimum Gasteiger partial charge on any atom is -0.439 e. The van der Waals surface area contributed by atoms with Crippen molar-refractivity contribution in [1.29, 1.82) is 5.26 Å². The van der Waals surface area contributed by atoms with E-state index < -0.39 is 29.5 Å². The Morgan fingerprint density at radius 1 is 1.19 bits per heavy atom. The molecule has 0 unspecified atom stereocenters. The van der Waals surface area contributed by atoms with Gasteiger partial charge in [-0.3, -0.25) is 0 Å². The van der Waals surface area contributed by atoms with Gasteiger partial charge < -0.3 is 10.5 Å². The van der Waals surface area contributed by atoms with Gasteiger partial charge in [0.15, 0.2) is 0 Å². The van der Waals surface area contributed by atoms with Crippen molar-refractivity contribution >= 4 is 5.82 Å². The van der Waals surface area contributed by atoms with Crippen molar-refractivity contribution in [3.63, 3.8) is 0 Å². The third-order valence-corrected chi connectivity index (χ3v) is 2.26. The Balaban J connectivity index is 2.34. The lowest BCUT2D eigenvalue weighted by Crippen LogP contribution is -2.12. The first kappa shape index (κ1) is 14.5. The smallest absolute Gasteiger partial charge is 0.439 e. The molecule has 0 radical (unpaired) electrons. The molecule has 0 atom stereocenters. The minimum absolute atomic E-state index is 0.127. The SMILES string of the molecule is N#Cc1ccc(Oc2cc(N)nc(C(F)(F)F)n2)cc1F. The fraction of sp³-hybridized carbons (Fsp3) is 0.0833. The molecular formula is C12H6F4N4O. The summed E-state index contributed by atoms with van der Waals surface area (Å²) < 4.78 is 55.9. The number of benzene rings is 1. The molecule has 0 amide bonds. The van der Waals surface area contributed by atoms with Crippen LogP contribution in [0.3, 0.4) is 0 Å². The first-order valence-electron chi connectivity index (χ1n) is 5.39. The fourth-order valence-electron chi connectivity index (χ4n) is 1.39. The Bertz CT molecular complexity index is 724. The minimum atomic E-state index is -4.79. The van der Waals surface area contributed by atoms with E-state index in [4.69, 9.17) is 15.7 Å². The molecule has 21 heavy (non-hydrogen) atoms. The van der Waals surface area contributed by atoms with Crippen LogP contribution in [0.1, 0.15) is 11.4 Å². The zero-order chi connectivity index (χ0) is 15.6. The predicted molar refractivity (Wildman–Crippen MR) is 62.6 cm³/mol. The maximum absolute atomic E-state index is 13.4. The van der Waals surface area contributed by atoms with Crippen molar-refractivity contribution in [3.8, 4) is 17.7 Å². The maximum atomic E-state index is 13.4. The van der Waals surface area contributed by atoms with Crippen LogP contribution in [0.15, 0.2) is 24.3 Å². The summed E-state index contributed by atoms with van der Waals surface area (Å²) in [6.07, 6.45) is -4.79. The standard InChI is InChI=1S/C12H6F4N4O/c13-8-3-7(2-1-6(8)5-17)21-10-4-9(18)19-11(20-10)12(14,15)16/h1-4H,(H2,18,19,20). The number of hydrogen-bond acceptors (Lipinski definition) is 5. The van der Waals surface area contributed by atoms with E-state index in [9.17, 15) is 17.6 Å². The topological polar surface area (TPSA) is 84.8 Å². The lowest BCUT2D eigenvalue weighted by Gasteiger charge is -2.09. The van der Waals surface area contributed by atoms with E-state index in [-0.39, 0.29) is 11.3 Å². The zero-order valence-corrected chi connectivity index (χ0v) is 10.1. The number of alkyl halides is 3. The molecule has 1 aromatic carbocycles. The molecule has 0 bridgehead atoms. The van der Waals surface area contributed by atoms with Crippen molar-refractivity contribution < 1.29 is 22.3 Å². The summed E-state index contributed by atoms with van der Waals surface area (Å²) in [6, 6.07) is 5.75. The largest absolute Gasteiger partial charge is 0.451 e. The predicted octanol–water partition coefficient (Wildman–Crippen LogP) is 2.88. The van der Waals surface area contributed by atoms with E-state index in [0.29, 0.717) is 0 Å². The number of ether oxygens (including phenoxy) is 1. The van der Waals surface area contributed by atoms with Crippen molar-refractivity contribution in [2.75, 3.05) is 5.73 Å². The third kappa shape index (κ3) is 3.36. The van der Waals surface area contributed by atoms with Crippen molar-refractivity contribution in [2.24, 2.45) is 0 Å².